The van der Waals surface area contributed by atoms with E-state index in [2.05, 4.69) is 22.3 Å². The Hall–Kier alpha value is -2.72. The summed E-state index contributed by atoms with van der Waals surface area (Å²) in [6.07, 6.45) is -1.76. The van der Waals surface area contributed by atoms with E-state index < -0.39 is 23.8 Å². The zero-order valence-electron chi connectivity index (χ0n) is 20.4. The molecule has 1 N–H and O–H groups in total. The summed E-state index contributed by atoms with van der Waals surface area (Å²) in [5, 5.41) is 7.90. The van der Waals surface area contributed by atoms with Crippen LogP contribution in [-0.2, 0) is 4.74 Å². The Bertz CT molecular complexity index is 1110. The summed E-state index contributed by atoms with van der Waals surface area (Å²) in [6, 6.07) is 3.39. The third-order valence-electron chi connectivity index (χ3n) is 7.59. The molecule has 1 saturated heterocycles. The topological polar surface area (TPSA) is 81.0 Å². The van der Waals surface area contributed by atoms with Gasteiger partial charge in [0.1, 0.15) is 17.6 Å². The molecule has 4 atom stereocenters. The van der Waals surface area contributed by atoms with Gasteiger partial charge in [0.2, 0.25) is 5.95 Å². The predicted molar refractivity (Wildman–Crippen MR) is 122 cm³/mol. The molecule has 5 rings (SSSR count). The van der Waals surface area contributed by atoms with Gasteiger partial charge in [-0.05, 0) is 57.6 Å². The van der Waals surface area contributed by atoms with Gasteiger partial charge >= 0.3 is 12.3 Å². The molecule has 3 heterocycles. The van der Waals surface area contributed by atoms with Crippen molar-refractivity contribution in [2.45, 2.75) is 64.8 Å². The van der Waals surface area contributed by atoms with E-state index in [-0.39, 0.29) is 36.6 Å². The van der Waals surface area contributed by atoms with E-state index in [9.17, 15) is 18.0 Å². The standard InChI is InChI=1S/C24H32F3N5O3/c1-5-14-15-11-31(21(33)35-22(2,3)4)12-16(15)18(14)28-20-29-19-17(7-6-10-32(19)30-20)34-13-23(8-9-23)24(25,26)27/h6-7,10,14-16,18H,5,8-9,11-13H2,1-4H3,(H,28,30)/t14-,15?,16-,18-/m1/s1. The normalized spacial score (nSPS) is 27.3. The van der Waals surface area contributed by atoms with Crippen molar-refractivity contribution in [1.29, 1.82) is 0 Å². The summed E-state index contributed by atoms with van der Waals surface area (Å²) < 4.78 is 52.5. The lowest BCUT2D eigenvalue weighted by Crippen LogP contribution is -2.54. The number of nitrogens with one attached hydrogen (secondary N) is 1. The van der Waals surface area contributed by atoms with Crippen LogP contribution in [-0.4, -0.2) is 63.1 Å². The number of hydrogen-bond donors (Lipinski definition) is 1. The maximum Gasteiger partial charge on any atom is 0.410 e. The third-order valence-corrected chi connectivity index (χ3v) is 7.59. The van der Waals surface area contributed by atoms with Crippen molar-refractivity contribution in [3.8, 4) is 5.75 Å². The van der Waals surface area contributed by atoms with Crippen molar-refractivity contribution in [2.75, 3.05) is 25.0 Å². The number of ether oxygens (including phenoxy) is 2. The van der Waals surface area contributed by atoms with Gasteiger partial charge in [0.25, 0.3) is 0 Å². The lowest BCUT2D eigenvalue weighted by atomic mass is 9.61. The van der Waals surface area contributed by atoms with Crippen LogP contribution in [0.25, 0.3) is 5.65 Å². The largest absolute Gasteiger partial charge is 0.489 e. The molecule has 0 aromatic carbocycles. The fourth-order valence-electron chi connectivity index (χ4n) is 5.45. The second-order valence-corrected chi connectivity index (χ2v) is 11.1. The van der Waals surface area contributed by atoms with Crippen LogP contribution in [0.4, 0.5) is 23.9 Å². The van der Waals surface area contributed by atoms with Gasteiger partial charge in [-0.3, -0.25) is 0 Å². The van der Waals surface area contributed by atoms with Crippen LogP contribution in [0.5, 0.6) is 5.75 Å². The summed E-state index contributed by atoms with van der Waals surface area (Å²) in [7, 11) is 0. The molecular formula is C24H32F3N5O3. The van der Waals surface area contributed by atoms with Gasteiger partial charge in [-0.1, -0.05) is 13.3 Å². The number of pyridine rings is 1. The average molecular weight is 496 g/mol. The molecule has 0 bridgehead atoms. The SMILES string of the molecule is CC[C@@H]1C2CN(C(=O)OC(C)(C)C)C[C@H]2[C@@H]1Nc1nc2c(OCC3(C(F)(F)F)CC3)cccn2n1. The Balaban J connectivity index is 1.28. The molecule has 192 valence electrons. The molecule has 2 aromatic rings. The van der Waals surface area contributed by atoms with E-state index in [0.29, 0.717) is 36.5 Å². The van der Waals surface area contributed by atoms with Crippen LogP contribution >= 0.6 is 0 Å². The van der Waals surface area contributed by atoms with Crippen LogP contribution < -0.4 is 10.1 Å². The quantitative estimate of drug-likeness (QED) is 0.623. The summed E-state index contributed by atoms with van der Waals surface area (Å²) in [5.41, 5.74) is -1.92. The fraction of sp³-hybridized carbons (Fsp3) is 0.708. The molecule has 3 aliphatic rings. The van der Waals surface area contributed by atoms with Crippen molar-refractivity contribution in [3.05, 3.63) is 18.3 Å². The number of likely N-dealkylation sites (tertiary alicyclic amines) is 1. The summed E-state index contributed by atoms with van der Waals surface area (Å²) >= 11 is 0. The van der Waals surface area contributed by atoms with Crippen LogP contribution in [0.1, 0.15) is 47.0 Å². The fourth-order valence-corrected chi connectivity index (χ4v) is 5.45. The lowest BCUT2D eigenvalue weighted by molar-refractivity contribution is -0.194. The molecule has 2 aliphatic carbocycles. The molecule has 0 radical (unpaired) electrons. The first-order chi connectivity index (χ1) is 16.4. The van der Waals surface area contributed by atoms with E-state index >= 15 is 0 Å². The van der Waals surface area contributed by atoms with Crippen molar-refractivity contribution in [3.63, 3.8) is 0 Å². The number of carbonyl (C=O) groups is 1. The van der Waals surface area contributed by atoms with Crippen LogP contribution in [0.15, 0.2) is 18.3 Å². The minimum atomic E-state index is -4.27. The molecule has 1 aliphatic heterocycles. The molecular weight excluding hydrogens is 463 g/mol. The van der Waals surface area contributed by atoms with E-state index in [1.54, 1.807) is 23.2 Å². The smallest absolute Gasteiger partial charge is 0.410 e. The minimum absolute atomic E-state index is 0.0854. The first-order valence-corrected chi connectivity index (χ1v) is 12.2. The Morgan fingerprint density at radius 1 is 1.23 bits per heavy atom. The van der Waals surface area contributed by atoms with Crippen molar-refractivity contribution in [2.24, 2.45) is 23.2 Å². The number of carbonyl (C=O) groups excluding carboxylic acids is 1. The Morgan fingerprint density at radius 3 is 2.57 bits per heavy atom. The number of rotatable bonds is 6. The molecule has 2 aromatic heterocycles. The van der Waals surface area contributed by atoms with Crippen LogP contribution in [0.2, 0.25) is 0 Å². The van der Waals surface area contributed by atoms with Gasteiger partial charge in [-0.2, -0.15) is 18.2 Å². The highest BCUT2D eigenvalue weighted by Crippen LogP contribution is 2.57. The van der Waals surface area contributed by atoms with Gasteiger partial charge in [0.15, 0.2) is 11.4 Å². The first kappa shape index (κ1) is 24.0. The molecule has 0 spiro atoms. The van der Waals surface area contributed by atoms with Gasteiger partial charge in [-0.15, -0.1) is 5.10 Å². The number of aromatic nitrogens is 3. The number of hydrogen-bond acceptors (Lipinski definition) is 6. The molecule has 8 nitrogen and oxygen atoms in total. The van der Waals surface area contributed by atoms with E-state index in [0.717, 1.165) is 6.42 Å². The van der Waals surface area contributed by atoms with Gasteiger partial charge in [0, 0.05) is 31.2 Å². The average Bonchev–Trinajstić information content (AvgIpc) is 3.30. The Morgan fingerprint density at radius 2 is 1.94 bits per heavy atom. The molecule has 35 heavy (non-hydrogen) atoms. The van der Waals surface area contributed by atoms with E-state index in [4.69, 9.17) is 9.47 Å². The third kappa shape index (κ3) is 4.38. The second kappa shape index (κ2) is 8.16. The summed E-state index contributed by atoms with van der Waals surface area (Å²) in [4.78, 5) is 18.9. The maximum atomic E-state index is 13.3. The minimum Gasteiger partial charge on any atom is -0.489 e. The number of halogens is 3. The zero-order chi connectivity index (χ0) is 25.2. The highest BCUT2D eigenvalue weighted by Gasteiger charge is 2.64. The summed E-state index contributed by atoms with van der Waals surface area (Å²) in [5.74, 6) is 1.68. The molecule has 2 saturated carbocycles. The van der Waals surface area contributed by atoms with Gasteiger partial charge in [0.05, 0.1) is 0 Å². The van der Waals surface area contributed by atoms with Gasteiger partial charge < -0.3 is 19.7 Å². The Labute approximate surface area is 202 Å². The number of amides is 1. The molecule has 1 unspecified atom stereocenters. The van der Waals surface area contributed by atoms with Crippen LogP contribution in [0, 0.1) is 23.2 Å². The van der Waals surface area contributed by atoms with Gasteiger partial charge in [-0.25, -0.2) is 9.31 Å². The summed E-state index contributed by atoms with van der Waals surface area (Å²) in [6.45, 7) is 8.56. The predicted octanol–water partition coefficient (Wildman–Crippen LogP) is 4.75. The van der Waals surface area contributed by atoms with E-state index in [1.807, 2.05) is 20.8 Å². The zero-order valence-corrected chi connectivity index (χ0v) is 20.4. The molecule has 11 heteroatoms. The van der Waals surface area contributed by atoms with Crippen molar-refractivity contribution >= 4 is 17.7 Å². The van der Waals surface area contributed by atoms with Crippen molar-refractivity contribution in [1.82, 2.24) is 19.5 Å². The molecule has 3 fully saturated rings. The Kier molecular flexibility index (Phi) is 5.60. The number of fused-ring (bicyclic) bond motifs is 2. The highest BCUT2D eigenvalue weighted by atomic mass is 19.4. The van der Waals surface area contributed by atoms with Crippen molar-refractivity contribution < 1.29 is 27.4 Å². The van der Waals surface area contributed by atoms with E-state index in [1.165, 1.54) is 4.52 Å². The first-order valence-electron chi connectivity index (χ1n) is 12.2. The monoisotopic (exact) mass is 495 g/mol. The maximum absolute atomic E-state index is 13.3. The number of nitrogens with zero attached hydrogens (tertiary/aromatic N) is 4. The molecule has 1 amide bonds. The lowest BCUT2D eigenvalue weighted by Gasteiger charge is -2.47. The van der Waals surface area contributed by atoms with Crippen LogP contribution in [0.3, 0.4) is 0 Å². The number of alkyl halides is 3. The number of anilines is 1. The second-order valence-electron chi connectivity index (χ2n) is 11.1. The highest BCUT2D eigenvalue weighted by molar-refractivity contribution is 5.69.